The number of anilines is 1. The highest BCUT2D eigenvalue weighted by Gasteiger charge is 2.13. The van der Waals surface area contributed by atoms with Gasteiger partial charge in [-0.15, -0.1) is 0 Å². The maximum Gasteiger partial charge on any atom is 0.412 e. The molecule has 5 nitrogen and oxygen atoms in total. The van der Waals surface area contributed by atoms with E-state index >= 15 is 0 Å². The summed E-state index contributed by atoms with van der Waals surface area (Å²) in [6.07, 6.45) is -0.658. The van der Waals surface area contributed by atoms with Crippen LogP contribution in [0.5, 0.6) is 0 Å². The minimum atomic E-state index is -0.658. The average Bonchev–Trinajstić information content (AvgIpc) is 2.39. The standard InChI is InChI=1S/C15H21NO4/c1-5-19-13(17)9-20-15(18)16-14-11(4)7-6-8-12(14)10(2)3/h6-8,10H,5,9H2,1-4H3,(H,16,18). The van der Waals surface area contributed by atoms with Crippen molar-refractivity contribution in [1.29, 1.82) is 0 Å². The Bertz CT molecular complexity index is 483. The van der Waals surface area contributed by atoms with E-state index in [4.69, 9.17) is 4.74 Å². The van der Waals surface area contributed by atoms with Crippen LogP contribution in [0.4, 0.5) is 10.5 Å². The van der Waals surface area contributed by atoms with Gasteiger partial charge in [0.25, 0.3) is 0 Å². The summed E-state index contributed by atoms with van der Waals surface area (Å²) in [7, 11) is 0. The second-order valence-electron chi connectivity index (χ2n) is 4.70. The van der Waals surface area contributed by atoms with Crippen LogP contribution in [0.2, 0.25) is 0 Å². The highest BCUT2D eigenvalue weighted by Crippen LogP contribution is 2.27. The molecule has 0 aromatic heterocycles. The van der Waals surface area contributed by atoms with Gasteiger partial charge in [-0.05, 0) is 30.9 Å². The molecule has 0 aliphatic carbocycles. The predicted octanol–water partition coefficient (Wildman–Crippen LogP) is 3.23. The number of carbonyl (C=O) groups excluding carboxylic acids is 2. The lowest BCUT2D eigenvalue weighted by Crippen LogP contribution is -2.21. The molecule has 110 valence electrons. The Balaban J connectivity index is 2.69. The Hall–Kier alpha value is -2.04. The van der Waals surface area contributed by atoms with Crippen molar-refractivity contribution in [2.45, 2.75) is 33.6 Å². The van der Waals surface area contributed by atoms with Crippen LogP contribution >= 0.6 is 0 Å². The smallest absolute Gasteiger partial charge is 0.412 e. The summed E-state index contributed by atoms with van der Waals surface area (Å²) in [4.78, 5) is 22.8. The van der Waals surface area contributed by atoms with E-state index in [1.807, 2.05) is 39.0 Å². The number of hydrogen-bond acceptors (Lipinski definition) is 4. The van der Waals surface area contributed by atoms with Gasteiger partial charge in [0.2, 0.25) is 0 Å². The summed E-state index contributed by atoms with van der Waals surface area (Å²) in [6.45, 7) is 7.57. The first-order valence-electron chi connectivity index (χ1n) is 6.64. The average molecular weight is 279 g/mol. The van der Waals surface area contributed by atoms with Gasteiger partial charge in [-0.2, -0.15) is 0 Å². The second-order valence-corrected chi connectivity index (χ2v) is 4.70. The van der Waals surface area contributed by atoms with E-state index in [9.17, 15) is 9.59 Å². The molecule has 1 N–H and O–H groups in total. The van der Waals surface area contributed by atoms with Crippen molar-refractivity contribution in [3.05, 3.63) is 29.3 Å². The largest absolute Gasteiger partial charge is 0.463 e. The van der Waals surface area contributed by atoms with Crippen molar-refractivity contribution in [3.63, 3.8) is 0 Å². The Kier molecular flexibility index (Phi) is 6.03. The summed E-state index contributed by atoms with van der Waals surface area (Å²) >= 11 is 0. The lowest BCUT2D eigenvalue weighted by molar-refractivity contribution is -0.146. The van der Waals surface area contributed by atoms with Crippen molar-refractivity contribution < 1.29 is 19.1 Å². The lowest BCUT2D eigenvalue weighted by atomic mass is 9.98. The van der Waals surface area contributed by atoms with Crippen LogP contribution in [0.25, 0.3) is 0 Å². The summed E-state index contributed by atoms with van der Waals surface area (Å²) in [5.41, 5.74) is 2.71. The Labute approximate surface area is 119 Å². The molecule has 0 spiro atoms. The molecule has 0 radical (unpaired) electrons. The highest BCUT2D eigenvalue weighted by atomic mass is 16.6. The number of nitrogens with one attached hydrogen (secondary N) is 1. The number of esters is 1. The quantitative estimate of drug-likeness (QED) is 0.840. The molecule has 0 aliphatic heterocycles. The fraction of sp³-hybridized carbons (Fsp3) is 0.467. The van der Waals surface area contributed by atoms with Crippen molar-refractivity contribution in [2.24, 2.45) is 0 Å². The molecule has 0 saturated carbocycles. The van der Waals surface area contributed by atoms with Crippen LogP contribution in [0.3, 0.4) is 0 Å². The lowest BCUT2D eigenvalue weighted by Gasteiger charge is -2.16. The molecule has 0 bridgehead atoms. The molecule has 0 fully saturated rings. The third-order valence-corrected chi connectivity index (χ3v) is 2.78. The zero-order valence-electron chi connectivity index (χ0n) is 12.4. The van der Waals surface area contributed by atoms with Crippen molar-refractivity contribution in [1.82, 2.24) is 0 Å². The van der Waals surface area contributed by atoms with Crippen LogP contribution in [0.1, 0.15) is 37.8 Å². The fourth-order valence-corrected chi connectivity index (χ4v) is 1.81. The number of benzene rings is 1. The first-order chi connectivity index (χ1) is 9.45. The number of ether oxygens (including phenoxy) is 2. The zero-order valence-corrected chi connectivity index (χ0v) is 12.4. The van der Waals surface area contributed by atoms with Crippen molar-refractivity contribution >= 4 is 17.7 Å². The third-order valence-electron chi connectivity index (χ3n) is 2.78. The maximum atomic E-state index is 11.7. The van der Waals surface area contributed by atoms with Crippen LogP contribution in [0.15, 0.2) is 18.2 Å². The number of para-hydroxylation sites is 1. The van der Waals surface area contributed by atoms with Crippen LogP contribution < -0.4 is 5.32 Å². The minimum Gasteiger partial charge on any atom is -0.463 e. The Morgan fingerprint density at radius 3 is 2.55 bits per heavy atom. The maximum absolute atomic E-state index is 11.7. The molecule has 0 aliphatic rings. The molecular weight excluding hydrogens is 258 g/mol. The molecule has 1 amide bonds. The summed E-state index contributed by atoms with van der Waals surface area (Å²) in [6, 6.07) is 5.81. The van der Waals surface area contributed by atoms with Gasteiger partial charge in [0.05, 0.1) is 12.3 Å². The normalized spacial score (nSPS) is 10.2. The SMILES string of the molecule is CCOC(=O)COC(=O)Nc1c(C)cccc1C(C)C. The third kappa shape index (κ3) is 4.57. The summed E-state index contributed by atoms with van der Waals surface area (Å²) in [5.74, 6) is -0.285. The first kappa shape index (κ1) is 16.0. The Morgan fingerprint density at radius 2 is 1.95 bits per heavy atom. The second kappa shape index (κ2) is 7.53. The van der Waals surface area contributed by atoms with E-state index in [2.05, 4.69) is 10.1 Å². The van der Waals surface area contributed by atoms with Gasteiger partial charge in [-0.1, -0.05) is 32.0 Å². The molecule has 5 heteroatoms. The van der Waals surface area contributed by atoms with Gasteiger partial charge in [0.1, 0.15) is 0 Å². The fourth-order valence-electron chi connectivity index (χ4n) is 1.81. The van der Waals surface area contributed by atoms with Gasteiger partial charge in [-0.3, -0.25) is 5.32 Å². The molecule has 1 aromatic rings. The summed E-state index contributed by atoms with van der Waals surface area (Å²) < 4.78 is 9.51. The van der Waals surface area contributed by atoms with E-state index in [1.165, 1.54) is 0 Å². The van der Waals surface area contributed by atoms with E-state index in [0.29, 0.717) is 0 Å². The first-order valence-corrected chi connectivity index (χ1v) is 6.64. The molecule has 1 rings (SSSR count). The van der Waals surface area contributed by atoms with E-state index in [-0.39, 0.29) is 19.1 Å². The molecular formula is C15H21NO4. The van der Waals surface area contributed by atoms with Gasteiger partial charge in [0, 0.05) is 0 Å². The molecule has 0 unspecified atom stereocenters. The van der Waals surface area contributed by atoms with Gasteiger partial charge >= 0.3 is 12.1 Å². The van der Waals surface area contributed by atoms with Gasteiger partial charge in [0.15, 0.2) is 6.61 Å². The van der Waals surface area contributed by atoms with E-state index < -0.39 is 12.1 Å². The predicted molar refractivity (Wildman–Crippen MR) is 76.9 cm³/mol. The monoisotopic (exact) mass is 279 g/mol. The van der Waals surface area contributed by atoms with E-state index in [1.54, 1.807) is 6.92 Å². The number of carbonyl (C=O) groups is 2. The van der Waals surface area contributed by atoms with Crippen LogP contribution in [-0.4, -0.2) is 25.3 Å². The van der Waals surface area contributed by atoms with E-state index in [0.717, 1.165) is 16.8 Å². The highest BCUT2D eigenvalue weighted by molar-refractivity contribution is 5.88. The van der Waals surface area contributed by atoms with Gasteiger partial charge < -0.3 is 9.47 Å². The molecule has 0 saturated heterocycles. The van der Waals surface area contributed by atoms with Crippen LogP contribution in [0, 0.1) is 6.92 Å². The van der Waals surface area contributed by atoms with Crippen LogP contribution in [-0.2, 0) is 14.3 Å². The van der Waals surface area contributed by atoms with Crippen molar-refractivity contribution in [2.75, 3.05) is 18.5 Å². The molecule has 1 aromatic carbocycles. The number of aryl methyl sites for hydroxylation is 1. The Morgan fingerprint density at radius 1 is 1.25 bits per heavy atom. The van der Waals surface area contributed by atoms with Crippen molar-refractivity contribution in [3.8, 4) is 0 Å². The number of rotatable bonds is 5. The minimum absolute atomic E-state index is 0.263. The number of amides is 1. The van der Waals surface area contributed by atoms with Gasteiger partial charge in [-0.25, -0.2) is 9.59 Å². The zero-order chi connectivity index (χ0) is 15.1. The molecule has 0 heterocycles. The number of hydrogen-bond donors (Lipinski definition) is 1. The topological polar surface area (TPSA) is 64.6 Å². The molecule has 0 atom stereocenters. The summed E-state index contributed by atoms with van der Waals surface area (Å²) in [5, 5.41) is 2.69. The molecule has 20 heavy (non-hydrogen) atoms.